The molecule has 0 aliphatic heterocycles. The Labute approximate surface area is 94.1 Å². The number of carboxylic acid groups (broad SMARTS) is 1. The average Bonchev–Trinajstić information content (AvgIpc) is 2.87. The van der Waals surface area contributed by atoms with Gasteiger partial charge in [0.2, 0.25) is 6.39 Å². The molecule has 0 unspecified atom stereocenters. The molecule has 2 rings (SSSR count). The molecule has 0 aromatic carbocycles. The first-order chi connectivity index (χ1) is 7.75. The number of hydrogen-bond donors (Lipinski definition) is 2. The molecule has 0 bridgehead atoms. The normalized spacial score (nSPS) is 10.2. The molecule has 16 heavy (non-hydrogen) atoms. The minimum absolute atomic E-state index is 0.210. The Hall–Kier alpha value is -1.96. The van der Waals surface area contributed by atoms with Gasteiger partial charge >= 0.3 is 5.97 Å². The first kappa shape index (κ1) is 10.6. The number of nitrogens with zero attached hydrogens (tertiary/aromatic N) is 3. The van der Waals surface area contributed by atoms with Gasteiger partial charge < -0.3 is 14.9 Å². The van der Waals surface area contributed by atoms with Gasteiger partial charge in [-0.3, -0.25) is 0 Å². The molecule has 0 saturated carbocycles. The highest BCUT2D eigenvalue weighted by Crippen LogP contribution is 2.17. The van der Waals surface area contributed by atoms with Crippen LogP contribution in [-0.4, -0.2) is 32.7 Å². The van der Waals surface area contributed by atoms with E-state index in [1.54, 1.807) is 0 Å². The molecule has 0 saturated heterocycles. The Kier molecular flexibility index (Phi) is 3.10. The zero-order valence-corrected chi connectivity index (χ0v) is 8.90. The lowest BCUT2D eigenvalue weighted by Gasteiger charge is -1.97. The molecule has 8 heteroatoms. The molecule has 2 aromatic rings. The summed E-state index contributed by atoms with van der Waals surface area (Å²) in [4.78, 5) is 18.6. The molecule has 0 amide bonds. The zero-order valence-electron chi connectivity index (χ0n) is 8.08. The predicted molar refractivity (Wildman–Crippen MR) is 55.6 cm³/mol. The topological polar surface area (TPSA) is 101 Å². The van der Waals surface area contributed by atoms with E-state index in [9.17, 15) is 4.79 Å². The van der Waals surface area contributed by atoms with E-state index >= 15 is 0 Å². The van der Waals surface area contributed by atoms with Gasteiger partial charge in [-0.25, -0.2) is 9.78 Å². The predicted octanol–water partition coefficient (Wildman–Crippen LogP) is 0.879. The van der Waals surface area contributed by atoms with Crippen LogP contribution in [0.15, 0.2) is 17.1 Å². The summed E-state index contributed by atoms with van der Waals surface area (Å²) in [5.41, 5.74) is 0. The molecule has 2 N–H and O–H groups in total. The highest BCUT2D eigenvalue weighted by molar-refractivity contribution is 7.17. The monoisotopic (exact) mass is 240 g/mol. The average molecular weight is 240 g/mol. The highest BCUT2D eigenvalue weighted by Gasteiger charge is 2.08. The standard InChI is InChI=1S/C8H8N4O3S/c13-7(14)5-3-10-8(16-5)9-2-1-6-11-4-15-12-6/h3-4H,1-2H2,(H,9,10)(H,13,14). The minimum atomic E-state index is -0.969. The lowest BCUT2D eigenvalue weighted by Crippen LogP contribution is -2.05. The summed E-state index contributed by atoms with van der Waals surface area (Å²) >= 11 is 1.09. The molecular formula is C8H8N4O3S. The van der Waals surface area contributed by atoms with E-state index in [1.807, 2.05) is 0 Å². The van der Waals surface area contributed by atoms with Crippen molar-refractivity contribution < 1.29 is 14.4 Å². The van der Waals surface area contributed by atoms with E-state index in [1.165, 1.54) is 12.6 Å². The van der Waals surface area contributed by atoms with Gasteiger partial charge in [-0.15, -0.1) is 0 Å². The van der Waals surface area contributed by atoms with Crippen LogP contribution in [0.25, 0.3) is 0 Å². The molecule has 84 valence electrons. The Morgan fingerprint density at radius 3 is 3.06 bits per heavy atom. The summed E-state index contributed by atoms with van der Waals surface area (Å²) in [5, 5.41) is 15.9. The van der Waals surface area contributed by atoms with Gasteiger partial charge in [-0.05, 0) is 0 Å². The van der Waals surface area contributed by atoms with Crippen LogP contribution in [0, 0.1) is 0 Å². The number of carbonyl (C=O) groups is 1. The molecule has 2 heterocycles. The number of anilines is 1. The molecule has 0 aliphatic rings. The molecule has 0 radical (unpaired) electrons. The first-order valence-corrected chi connectivity index (χ1v) is 5.25. The fraction of sp³-hybridized carbons (Fsp3) is 0.250. The second-order valence-electron chi connectivity index (χ2n) is 2.86. The molecule has 0 atom stereocenters. The van der Waals surface area contributed by atoms with E-state index in [-0.39, 0.29) is 4.88 Å². The summed E-state index contributed by atoms with van der Waals surface area (Å²) < 4.78 is 4.57. The largest absolute Gasteiger partial charge is 0.477 e. The van der Waals surface area contributed by atoms with Crippen molar-refractivity contribution in [2.75, 3.05) is 11.9 Å². The van der Waals surface area contributed by atoms with Gasteiger partial charge in [0.05, 0.1) is 6.20 Å². The van der Waals surface area contributed by atoms with E-state index in [0.717, 1.165) is 11.3 Å². The van der Waals surface area contributed by atoms with Crippen LogP contribution < -0.4 is 5.32 Å². The van der Waals surface area contributed by atoms with E-state index < -0.39 is 5.97 Å². The molecule has 0 spiro atoms. The van der Waals surface area contributed by atoms with Crippen LogP contribution in [0.5, 0.6) is 0 Å². The molecule has 0 aliphatic carbocycles. The van der Waals surface area contributed by atoms with Crippen LogP contribution in [0.3, 0.4) is 0 Å². The maximum atomic E-state index is 10.6. The third-order valence-electron chi connectivity index (χ3n) is 1.75. The van der Waals surface area contributed by atoms with Crippen LogP contribution >= 0.6 is 11.3 Å². The SMILES string of the molecule is O=C(O)c1cnc(NCCc2ncon2)s1. The minimum Gasteiger partial charge on any atom is -0.477 e. The van der Waals surface area contributed by atoms with Crippen molar-refractivity contribution in [1.29, 1.82) is 0 Å². The number of hydrogen-bond acceptors (Lipinski definition) is 7. The molecular weight excluding hydrogens is 232 g/mol. The zero-order chi connectivity index (χ0) is 11.4. The fourth-order valence-corrected chi connectivity index (χ4v) is 1.72. The van der Waals surface area contributed by atoms with Crippen LogP contribution in [0.2, 0.25) is 0 Å². The Balaban J connectivity index is 1.83. The Bertz CT molecular complexity index is 467. The van der Waals surface area contributed by atoms with Gasteiger partial charge in [0.25, 0.3) is 0 Å². The summed E-state index contributed by atoms with van der Waals surface area (Å²) in [5.74, 6) is -0.369. The second kappa shape index (κ2) is 4.71. The maximum Gasteiger partial charge on any atom is 0.347 e. The summed E-state index contributed by atoms with van der Waals surface area (Å²) in [6.45, 7) is 0.576. The number of carboxylic acids is 1. The number of rotatable bonds is 5. The lowest BCUT2D eigenvalue weighted by molar-refractivity contribution is 0.0702. The van der Waals surface area contributed by atoms with Gasteiger partial charge in [0.1, 0.15) is 4.88 Å². The van der Waals surface area contributed by atoms with Gasteiger partial charge in [0, 0.05) is 13.0 Å². The smallest absolute Gasteiger partial charge is 0.347 e. The number of aromatic carboxylic acids is 1. The van der Waals surface area contributed by atoms with Crippen LogP contribution in [-0.2, 0) is 6.42 Å². The van der Waals surface area contributed by atoms with Gasteiger partial charge in [0.15, 0.2) is 11.0 Å². The van der Waals surface area contributed by atoms with Crippen molar-refractivity contribution in [3.05, 3.63) is 23.3 Å². The number of thiazole rings is 1. The first-order valence-electron chi connectivity index (χ1n) is 4.44. The van der Waals surface area contributed by atoms with Crippen molar-refractivity contribution in [2.24, 2.45) is 0 Å². The van der Waals surface area contributed by atoms with Crippen molar-refractivity contribution in [3.63, 3.8) is 0 Å². The Morgan fingerprint density at radius 1 is 1.56 bits per heavy atom. The summed E-state index contributed by atoms with van der Waals surface area (Å²) in [6.07, 6.45) is 3.18. The molecule has 2 aromatic heterocycles. The van der Waals surface area contributed by atoms with Crippen molar-refractivity contribution in [3.8, 4) is 0 Å². The van der Waals surface area contributed by atoms with E-state index in [4.69, 9.17) is 5.11 Å². The quantitative estimate of drug-likeness (QED) is 0.799. The van der Waals surface area contributed by atoms with E-state index in [2.05, 4.69) is 25.0 Å². The molecule has 7 nitrogen and oxygen atoms in total. The maximum absolute atomic E-state index is 10.6. The van der Waals surface area contributed by atoms with Crippen LogP contribution in [0.1, 0.15) is 15.5 Å². The third kappa shape index (κ3) is 2.54. The van der Waals surface area contributed by atoms with Gasteiger partial charge in [-0.1, -0.05) is 16.5 Å². The van der Waals surface area contributed by atoms with E-state index in [0.29, 0.717) is 23.9 Å². The molecule has 0 fully saturated rings. The summed E-state index contributed by atoms with van der Waals surface area (Å²) in [7, 11) is 0. The fourth-order valence-electron chi connectivity index (χ4n) is 1.04. The Morgan fingerprint density at radius 2 is 2.44 bits per heavy atom. The highest BCUT2D eigenvalue weighted by atomic mass is 32.1. The second-order valence-corrected chi connectivity index (χ2v) is 3.89. The summed E-state index contributed by atoms with van der Waals surface area (Å²) in [6, 6.07) is 0. The van der Waals surface area contributed by atoms with Crippen molar-refractivity contribution >= 4 is 22.4 Å². The van der Waals surface area contributed by atoms with Gasteiger partial charge in [-0.2, -0.15) is 4.98 Å². The number of aromatic nitrogens is 3. The number of nitrogens with one attached hydrogen (secondary N) is 1. The van der Waals surface area contributed by atoms with Crippen LogP contribution in [0.4, 0.5) is 5.13 Å². The van der Waals surface area contributed by atoms with Crippen molar-refractivity contribution in [2.45, 2.75) is 6.42 Å². The van der Waals surface area contributed by atoms with Crippen molar-refractivity contribution in [1.82, 2.24) is 15.1 Å². The lowest BCUT2D eigenvalue weighted by atomic mass is 10.4. The third-order valence-corrected chi connectivity index (χ3v) is 2.69.